The van der Waals surface area contributed by atoms with Crippen molar-refractivity contribution in [1.29, 1.82) is 0 Å². The Balaban J connectivity index is 1.44. The van der Waals surface area contributed by atoms with E-state index in [1.165, 1.54) is 17.4 Å². The van der Waals surface area contributed by atoms with Gasteiger partial charge in [-0.1, -0.05) is 30.3 Å². The third-order valence-electron chi connectivity index (χ3n) is 3.62. The number of amides is 1. The van der Waals surface area contributed by atoms with Crippen LogP contribution in [0.4, 0.5) is 5.13 Å². The number of carbonyl (C=O) groups excluding carboxylic acids is 1. The first-order valence-electron chi connectivity index (χ1n) is 7.17. The lowest BCUT2D eigenvalue weighted by Crippen LogP contribution is -2.46. The molecule has 2 aromatic rings. The van der Waals surface area contributed by atoms with E-state index in [0.29, 0.717) is 5.13 Å². The summed E-state index contributed by atoms with van der Waals surface area (Å²) in [5.74, 6) is 0.693. The van der Waals surface area contributed by atoms with Gasteiger partial charge >= 0.3 is 0 Å². The fraction of sp³-hybridized carbons (Fsp3) is 0.375. The van der Waals surface area contributed by atoms with E-state index in [9.17, 15) is 4.79 Å². The Kier molecular flexibility index (Phi) is 4.31. The molecule has 5 heteroatoms. The van der Waals surface area contributed by atoms with Crippen molar-refractivity contribution in [2.45, 2.75) is 19.9 Å². The lowest BCUT2D eigenvalue weighted by atomic mass is 9.92. The molecule has 21 heavy (non-hydrogen) atoms. The van der Waals surface area contributed by atoms with Crippen molar-refractivity contribution < 1.29 is 4.79 Å². The number of benzene rings is 1. The van der Waals surface area contributed by atoms with Gasteiger partial charge in [0.15, 0.2) is 5.13 Å². The molecule has 1 aromatic carbocycles. The third-order valence-corrected chi connectivity index (χ3v) is 4.51. The monoisotopic (exact) mass is 301 g/mol. The van der Waals surface area contributed by atoms with Crippen molar-refractivity contribution in [2.75, 3.05) is 18.4 Å². The molecule has 2 heterocycles. The highest BCUT2D eigenvalue weighted by Crippen LogP contribution is 2.25. The van der Waals surface area contributed by atoms with Gasteiger partial charge in [0.1, 0.15) is 0 Å². The summed E-state index contributed by atoms with van der Waals surface area (Å²) < 4.78 is 0. The second-order valence-corrected chi connectivity index (χ2v) is 6.68. The van der Waals surface area contributed by atoms with Crippen LogP contribution in [0.2, 0.25) is 0 Å². The second kappa shape index (κ2) is 6.37. The van der Waals surface area contributed by atoms with Crippen LogP contribution in [0.3, 0.4) is 0 Å². The Hall–Kier alpha value is -1.72. The summed E-state index contributed by atoms with van der Waals surface area (Å²) in [7, 11) is 0. The summed E-state index contributed by atoms with van der Waals surface area (Å²) in [4.78, 5) is 18.8. The number of aromatic nitrogens is 1. The fourth-order valence-electron chi connectivity index (χ4n) is 2.69. The molecule has 0 bridgehead atoms. The number of carbonyl (C=O) groups is 1. The molecule has 110 valence electrons. The fourth-order valence-corrected chi connectivity index (χ4v) is 3.59. The van der Waals surface area contributed by atoms with Crippen LogP contribution >= 0.6 is 11.3 Å². The van der Waals surface area contributed by atoms with Gasteiger partial charge < -0.3 is 5.32 Å². The first-order valence-corrected chi connectivity index (χ1v) is 7.99. The molecule has 0 unspecified atom stereocenters. The number of anilines is 1. The van der Waals surface area contributed by atoms with Crippen LogP contribution in [0, 0.1) is 5.92 Å². The first-order chi connectivity index (χ1) is 10.2. The SMILES string of the molecule is CC(=O)Nc1ncc(CN2CC(Cc3ccccc3)C2)s1. The first kappa shape index (κ1) is 14.2. The van der Waals surface area contributed by atoms with Crippen LogP contribution in [0.1, 0.15) is 17.4 Å². The number of thiazole rings is 1. The maximum Gasteiger partial charge on any atom is 0.223 e. The molecule has 1 saturated heterocycles. The highest BCUT2D eigenvalue weighted by Gasteiger charge is 2.27. The zero-order valence-corrected chi connectivity index (χ0v) is 12.9. The Morgan fingerprint density at radius 2 is 2.14 bits per heavy atom. The molecule has 1 N–H and O–H groups in total. The van der Waals surface area contributed by atoms with Crippen LogP contribution in [-0.4, -0.2) is 28.9 Å². The Morgan fingerprint density at radius 3 is 2.86 bits per heavy atom. The molecule has 1 aliphatic rings. The number of hydrogen-bond donors (Lipinski definition) is 1. The summed E-state index contributed by atoms with van der Waals surface area (Å²) >= 11 is 1.56. The number of hydrogen-bond acceptors (Lipinski definition) is 4. The molecule has 1 amide bonds. The summed E-state index contributed by atoms with van der Waals surface area (Å²) in [6, 6.07) is 10.7. The maximum absolute atomic E-state index is 11.0. The lowest BCUT2D eigenvalue weighted by molar-refractivity contribution is -0.114. The molecule has 0 aliphatic carbocycles. The molecule has 0 spiro atoms. The van der Waals surface area contributed by atoms with E-state index in [0.717, 1.165) is 32.0 Å². The van der Waals surface area contributed by atoms with Gasteiger partial charge in [0, 0.05) is 37.6 Å². The summed E-state index contributed by atoms with van der Waals surface area (Å²) in [6.07, 6.45) is 3.03. The zero-order valence-electron chi connectivity index (χ0n) is 12.1. The van der Waals surface area contributed by atoms with Crippen LogP contribution in [-0.2, 0) is 17.8 Å². The number of likely N-dealkylation sites (tertiary alicyclic amines) is 1. The molecule has 1 aliphatic heterocycles. The average Bonchev–Trinajstić information content (AvgIpc) is 2.84. The van der Waals surface area contributed by atoms with Crippen molar-refractivity contribution in [1.82, 2.24) is 9.88 Å². The van der Waals surface area contributed by atoms with Crippen molar-refractivity contribution in [3.63, 3.8) is 0 Å². The van der Waals surface area contributed by atoms with Crippen LogP contribution in [0.15, 0.2) is 36.5 Å². The smallest absolute Gasteiger partial charge is 0.223 e. The van der Waals surface area contributed by atoms with E-state index in [1.54, 1.807) is 11.3 Å². The van der Waals surface area contributed by atoms with E-state index in [4.69, 9.17) is 0 Å². The van der Waals surface area contributed by atoms with Crippen LogP contribution in [0.5, 0.6) is 0 Å². The van der Waals surface area contributed by atoms with Gasteiger partial charge in [0.05, 0.1) is 0 Å². The quantitative estimate of drug-likeness (QED) is 0.923. The minimum absolute atomic E-state index is 0.0669. The van der Waals surface area contributed by atoms with Gasteiger partial charge in [-0.2, -0.15) is 0 Å². The number of nitrogens with one attached hydrogen (secondary N) is 1. The molecule has 0 radical (unpaired) electrons. The zero-order chi connectivity index (χ0) is 14.7. The van der Waals surface area contributed by atoms with Crippen molar-refractivity contribution in [3.8, 4) is 0 Å². The molecule has 3 rings (SSSR count). The van der Waals surface area contributed by atoms with E-state index in [-0.39, 0.29) is 5.91 Å². The molecule has 1 fully saturated rings. The minimum Gasteiger partial charge on any atom is -0.302 e. The highest BCUT2D eigenvalue weighted by molar-refractivity contribution is 7.15. The Labute approximate surface area is 128 Å². The minimum atomic E-state index is -0.0669. The average molecular weight is 301 g/mol. The predicted molar refractivity (Wildman–Crippen MR) is 85.3 cm³/mol. The normalized spacial score (nSPS) is 15.7. The molecular weight excluding hydrogens is 282 g/mol. The van der Waals surface area contributed by atoms with E-state index in [1.807, 2.05) is 6.20 Å². The van der Waals surface area contributed by atoms with Crippen LogP contribution < -0.4 is 5.32 Å². The van der Waals surface area contributed by atoms with Crippen molar-refractivity contribution >= 4 is 22.4 Å². The van der Waals surface area contributed by atoms with Gasteiger partial charge in [-0.25, -0.2) is 4.98 Å². The Bertz CT molecular complexity index is 605. The highest BCUT2D eigenvalue weighted by atomic mass is 32.1. The second-order valence-electron chi connectivity index (χ2n) is 5.56. The van der Waals surface area contributed by atoms with Crippen molar-refractivity contribution in [2.24, 2.45) is 5.92 Å². The standard InChI is InChI=1S/C16H19N3OS/c1-12(20)18-16-17-8-15(21-16)11-19-9-14(10-19)7-13-5-3-2-4-6-13/h2-6,8,14H,7,9-11H2,1H3,(H,17,18,20). The number of nitrogens with zero attached hydrogens (tertiary/aromatic N) is 2. The maximum atomic E-state index is 11.0. The van der Waals surface area contributed by atoms with Gasteiger partial charge in [0.2, 0.25) is 5.91 Å². The predicted octanol–water partition coefficient (Wildman–Crippen LogP) is 2.78. The Morgan fingerprint density at radius 1 is 1.38 bits per heavy atom. The molecule has 4 nitrogen and oxygen atoms in total. The molecular formula is C16H19N3OS. The van der Waals surface area contributed by atoms with Gasteiger partial charge in [0.25, 0.3) is 0 Å². The third kappa shape index (κ3) is 3.89. The van der Waals surface area contributed by atoms with Crippen LogP contribution in [0.25, 0.3) is 0 Å². The lowest BCUT2D eigenvalue weighted by Gasteiger charge is -2.39. The van der Waals surface area contributed by atoms with E-state index < -0.39 is 0 Å². The van der Waals surface area contributed by atoms with Crippen molar-refractivity contribution in [3.05, 3.63) is 47.0 Å². The molecule has 1 aromatic heterocycles. The molecule has 0 atom stereocenters. The molecule has 0 saturated carbocycles. The topological polar surface area (TPSA) is 45.2 Å². The van der Waals surface area contributed by atoms with Gasteiger partial charge in [-0.05, 0) is 17.9 Å². The van der Waals surface area contributed by atoms with E-state index in [2.05, 4.69) is 45.5 Å². The summed E-state index contributed by atoms with van der Waals surface area (Å²) in [5.41, 5.74) is 1.42. The van der Waals surface area contributed by atoms with Gasteiger partial charge in [-0.3, -0.25) is 9.69 Å². The van der Waals surface area contributed by atoms with E-state index >= 15 is 0 Å². The number of rotatable bonds is 5. The van der Waals surface area contributed by atoms with Gasteiger partial charge in [-0.15, -0.1) is 11.3 Å². The largest absolute Gasteiger partial charge is 0.302 e. The summed E-state index contributed by atoms with van der Waals surface area (Å²) in [6.45, 7) is 4.72. The summed E-state index contributed by atoms with van der Waals surface area (Å²) in [5, 5.41) is 3.42.